The van der Waals surface area contributed by atoms with Crippen LogP contribution in [-0.4, -0.2) is 45.9 Å². The lowest BCUT2D eigenvalue weighted by molar-refractivity contribution is -0.158. The van der Waals surface area contributed by atoms with Gasteiger partial charge in [-0.3, -0.25) is 9.59 Å². The van der Waals surface area contributed by atoms with Crippen LogP contribution in [0.3, 0.4) is 0 Å². The quantitative estimate of drug-likeness (QED) is 0.905. The fourth-order valence-corrected chi connectivity index (χ4v) is 2.94. The highest BCUT2D eigenvalue weighted by atomic mass is 16.3. The van der Waals surface area contributed by atoms with Crippen molar-refractivity contribution in [3.8, 4) is 0 Å². The smallest absolute Gasteiger partial charge is 0.248 e. The van der Waals surface area contributed by atoms with Crippen LogP contribution in [0.5, 0.6) is 0 Å². The van der Waals surface area contributed by atoms with Gasteiger partial charge in [-0.1, -0.05) is 60.7 Å². The van der Waals surface area contributed by atoms with Crippen LogP contribution >= 0.6 is 0 Å². The molecule has 1 heterocycles. The number of hydrogen-bond acceptors (Lipinski definition) is 3. The van der Waals surface area contributed by atoms with Gasteiger partial charge in [-0.05, 0) is 11.1 Å². The fraction of sp³-hybridized carbons (Fsp3) is 0.263. The minimum atomic E-state index is -0.824. The molecule has 1 saturated heterocycles. The molecule has 1 fully saturated rings. The minimum Gasteiger partial charge on any atom is -0.394 e. The predicted octanol–water partition coefficient (Wildman–Crippen LogP) is 1.42. The zero-order valence-corrected chi connectivity index (χ0v) is 13.3. The molecule has 0 radical (unpaired) electrons. The van der Waals surface area contributed by atoms with E-state index >= 15 is 0 Å². The van der Waals surface area contributed by atoms with E-state index in [1.807, 2.05) is 60.7 Å². The molecule has 1 N–H and O–H groups in total. The standard InChI is InChI=1S/C19H20N2O3/c22-14-17-19(24)20(11-15-7-3-1-4-8-15)13-18(23)21(17)12-16-9-5-2-6-10-16/h1-10,17,22H,11-14H2/t17-/m0/s1. The van der Waals surface area contributed by atoms with Crippen LogP contribution in [0.25, 0.3) is 0 Å². The number of nitrogens with zero attached hydrogens (tertiary/aromatic N) is 2. The molecule has 1 atom stereocenters. The van der Waals surface area contributed by atoms with E-state index < -0.39 is 6.04 Å². The molecule has 0 aliphatic carbocycles. The molecule has 3 rings (SSSR count). The first-order chi connectivity index (χ1) is 11.7. The van der Waals surface area contributed by atoms with Gasteiger partial charge in [0.15, 0.2) is 0 Å². The predicted molar refractivity (Wildman–Crippen MR) is 89.7 cm³/mol. The van der Waals surface area contributed by atoms with Crippen molar-refractivity contribution in [2.24, 2.45) is 0 Å². The average Bonchev–Trinajstić information content (AvgIpc) is 2.61. The summed E-state index contributed by atoms with van der Waals surface area (Å²) in [5, 5.41) is 9.67. The molecular weight excluding hydrogens is 304 g/mol. The maximum absolute atomic E-state index is 12.7. The number of carbonyl (C=O) groups excluding carboxylic acids is 2. The normalized spacial score (nSPS) is 18.1. The summed E-state index contributed by atoms with van der Waals surface area (Å²) in [6.45, 7) is 0.372. The van der Waals surface area contributed by atoms with Gasteiger partial charge in [-0.25, -0.2) is 0 Å². The molecule has 0 bridgehead atoms. The monoisotopic (exact) mass is 324 g/mol. The molecule has 0 aromatic heterocycles. The Bertz CT molecular complexity index is 703. The number of aliphatic hydroxyl groups excluding tert-OH is 1. The van der Waals surface area contributed by atoms with Gasteiger partial charge >= 0.3 is 0 Å². The second-order valence-electron chi connectivity index (χ2n) is 5.89. The van der Waals surface area contributed by atoms with Crippen molar-refractivity contribution in [3.05, 3.63) is 71.8 Å². The topological polar surface area (TPSA) is 60.9 Å². The molecule has 1 aliphatic rings. The molecule has 2 aromatic carbocycles. The maximum Gasteiger partial charge on any atom is 0.248 e. The van der Waals surface area contributed by atoms with Crippen molar-refractivity contribution in [2.45, 2.75) is 19.1 Å². The SMILES string of the molecule is O=C1[C@H](CO)N(Cc2ccccc2)C(=O)CN1Cc1ccccc1. The Morgan fingerprint density at radius 2 is 1.42 bits per heavy atom. The number of amides is 2. The summed E-state index contributed by atoms with van der Waals surface area (Å²) in [6, 6.07) is 18.2. The van der Waals surface area contributed by atoms with Crippen LogP contribution < -0.4 is 0 Å². The highest BCUT2D eigenvalue weighted by molar-refractivity contribution is 5.95. The van der Waals surface area contributed by atoms with E-state index in [4.69, 9.17) is 0 Å². The van der Waals surface area contributed by atoms with E-state index in [0.29, 0.717) is 13.1 Å². The molecule has 5 nitrogen and oxygen atoms in total. The summed E-state index contributed by atoms with van der Waals surface area (Å²) in [5.74, 6) is -0.356. The molecule has 24 heavy (non-hydrogen) atoms. The second-order valence-corrected chi connectivity index (χ2v) is 5.89. The van der Waals surface area contributed by atoms with Crippen molar-refractivity contribution in [2.75, 3.05) is 13.2 Å². The lowest BCUT2D eigenvalue weighted by atomic mass is 10.1. The number of benzene rings is 2. The van der Waals surface area contributed by atoms with Crippen molar-refractivity contribution < 1.29 is 14.7 Å². The average molecular weight is 324 g/mol. The maximum atomic E-state index is 12.7. The van der Waals surface area contributed by atoms with Crippen LogP contribution in [0.2, 0.25) is 0 Å². The van der Waals surface area contributed by atoms with Gasteiger partial charge in [0.2, 0.25) is 11.8 Å². The highest BCUT2D eigenvalue weighted by Gasteiger charge is 2.38. The van der Waals surface area contributed by atoms with Crippen LogP contribution in [0.4, 0.5) is 0 Å². The number of carbonyl (C=O) groups is 2. The van der Waals surface area contributed by atoms with E-state index in [9.17, 15) is 14.7 Å². The van der Waals surface area contributed by atoms with E-state index in [1.165, 1.54) is 9.80 Å². The van der Waals surface area contributed by atoms with Gasteiger partial charge in [0.25, 0.3) is 0 Å². The van der Waals surface area contributed by atoms with Gasteiger partial charge in [0, 0.05) is 13.1 Å². The largest absolute Gasteiger partial charge is 0.394 e. The Kier molecular flexibility index (Phi) is 4.91. The highest BCUT2D eigenvalue weighted by Crippen LogP contribution is 2.18. The molecule has 0 unspecified atom stereocenters. The third-order valence-corrected chi connectivity index (χ3v) is 4.20. The molecular formula is C19H20N2O3. The van der Waals surface area contributed by atoms with E-state index in [1.54, 1.807) is 0 Å². The van der Waals surface area contributed by atoms with Crippen LogP contribution in [-0.2, 0) is 22.7 Å². The Morgan fingerprint density at radius 3 is 1.96 bits per heavy atom. The van der Waals surface area contributed by atoms with Gasteiger partial charge in [-0.2, -0.15) is 0 Å². The van der Waals surface area contributed by atoms with Gasteiger partial charge in [-0.15, -0.1) is 0 Å². The number of hydrogen-bond donors (Lipinski definition) is 1. The van der Waals surface area contributed by atoms with Crippen LogP contribution in [0.15, 0.2) is 60.7 Å². The molecule has 5 heteroatoms. The van der Waals surface area contributed by atoms with Crippen molar-refractivity contribution >= 4 is 11.8 Å². The number of rotatable bonds is 5. The summed E-state index contributed by atoms with van der Waals surface area (Å²) in [6.07, 6.45) is 0. The molecule has 0 saturated carbocycles. The van der Waals surface area contributed by atoms with Gasteiger partial charge < -0.3 is 14.9 Å². The van der Waals surface area contributed by atoms with E-state index in [0.717, 1.165) is 11.1 Å². The molecule has 124 valence electrons. The molecule has 2 aromatic rings. The van der Waals surface area contributed by atoms with E-state index in [2.05, 4.69) is 0 Å². The number of aliphatic hydroxyl groups is 1. The summed E-state index contributed by atoms with van der Waals surface area (Å²) in [5.41, 5.74) is 1.90. The van der Waals surface area contributed by atoms with Crippen LogP contribution in [0, 0.1) is 0 Å². The zero-order chi connectivity index (χ0) is 16.9. The van der Waals surface area contributed by atoms with E-state index in [-0.39, 0.29) is 25.0 Å². The molecule has 2 amide bonds. The van der Waals surface area contributed by atoms with Gasteiger partial charge in [0.1, 0.15) is 12.6 Å². The van der Waals surface area contributed by atoms with Gasteiger partial charge in [0.05, 0.1) is 6.61 Å². The van der Waals surface area contributed by atoms with Crippen molar-refractivity contribution in [1.82, 2.24) is 9.80 Å². The Labute approximate surface area is 141 Å². The van der Waals surface area contributed by atoms with Crippen molar-refractivity contribution in [3.63, 3.8) is 0 Å². The second kappa shape index (κ2) is 7.27. The van der Waals surface area contributed by atoms with Crippen LogP contribution in [0.1, 0.15) is 11.1 Å². The summed E-state index contributed by atoms with van der Waals surface area (Å²) >= 11 is 0. The lowest BCUT2D eigenvalue weighted by Crippen LogP contribution is -2.60. The summed E-state index contributed by atoms with van der Waals surface area (Å²) < 4.78 is 0. The summed E-state index contributed by atoms with van der Waals surface area (Å²) in [4.78, 5) is 28.2. The molecule has 1 aliphatic heterocycles. The lowest BCUT2D eigenvalue weighted by Gasteiger charge is -2.39. The Hall–Kier alpha value is -2.66. The fourth-order valence-electron chi connectivity index (χ4n) is 2.94. The van der Waals surface area contributed by atoms with Crippen molar-refractivity contribution in [1.29, 1.82) is 0 Å². The Morgan fingerprint density at radius 1 is 0.875 bits per heavy atom. The third-order valence-electron chi connectivity index (χ3n) is 4.20. The number of piperazine rings is 1. The first kappa shape index (κ1) is 16.2. The molecule has 0 spiro atoms. The Balaban J connectivity index is 1.76. The first-order valence-corrected chi connectivity index (χ1v) is 7.96. The zero-order valence-electron chi connectivity index (χ0n) is 13.3. The summed E-state index contributed by atoms with van der Waals surface area (Å²) in [7, 11) is 0. The third kappa shape index (κ3) is 3.46. The first-order valence-electron chi connectivity index (χ1n) is 7.96. The minimum absolute atomic E-state index is 0.0388.